The molecule has 0 radical (unpaired) electrons. The second-order valence-corrected chi connectivity index (χ2v) is 4.79. The van der Waals surface area contributed by atoms with Crippen molar-refractivity contribution < 1.29 is 0 Å². The number of aromatic nitrogens is 2. The minimum Gasteiger partial charge on any atom is -0.309 e. The maximum atomic E-state index is 4.32. The molecular weight excluding hydrogens is 188 g/mol. The lowest BCUT2D eigenvalue weighted by atomic mass is 10.0. The average molecular weight is 210 g/mol. The molecule has 0 fully saturated rings. The largest absolute Gasteiger partial charge is 0.309 e. The van der Waals surface area contributed by atoms with Crippen LogP contribution >= 0.6 is 0 Å². The van der Waals surface area contributed by atoms with Crippen molar-refractivity contribution in [2.45, 2.75) is 25.9 Å². The van der Waals surface area contributed by atoms with Gasteiger partial charge < -0.3 is 10.2 Å². The van der Waals surface area contributed by atoms with E-state index in [-0.39, 0.29) is 5.54 Å². The molecule has 0 spiro atoms. The van der Waals surface area contributed by atoms with Gasteiger partial charge in [0.15, 0.2) is 0 Å². The van der Waals surface area contributed by atoms with E-state index in [0.717, 1.165) is 18.8 Å². The molecule has 0 aromatic carbocycles. The zero-order valence-electron chi connectivity index (χ0n) is 10.4. The van der Waals surface area contributed by atoms with Crippen molar-refractivity contribution in [3.8, 4) is 0 Å². The summed E-state index contributed by atoms with van der Waals surface area (Å²) in [6.07, 6.45) is 1.97. The van der Waals surface area contributed by atoms with Crippen molar-refractivity contribution >= 4 is 0 Å². The van der Waals surface area contributed by atoms with Crippen LogP contribution < -0.4 is 5.32 Å². The molecule has 0 bridgehead atoms. The number of hydrogen-bond donors (Lipinski definition) is 1. The first-order valence-electron chi connectivity index (χ1n) is 5.28. The van der Waals surface area contributed by atoms with Crippen molar-refractivity contribution in [1.29, 1.82) is 0 Å². The SMILES string of the molecule is CN(C)C(C)(C)CNCc1ccn(C)n1. The molecule has 4 nitrogen and oxygen atoms in total. The van der Waals surface area contributed by atoms with Gasteiger partial charge in [0.25, 0.3) is 0 Å². The fourth-order valence-corrected chi connectivity index (χ4v) is 1.21. The number of rotatable bonds is 5. The van der Waals surface area contributed by atoms with Gasteiger partial charge in [-0.2, -0.15) is 5.10 Å². The molecule has 15 heavy (non-hydrogen) atoms. The first-order valence-corrected chi connectivity index (χ1v) is 5.28. The Bertz CT molecular complexity index is 301. The highest BCUT2D eigenvalue weighted by Gasteiger charge is 2.19. The summed E-state index contributed by atoms with van der Waals surface area (Å²) >= 11 is 0. The summed E-state index contributed by atoms with van der Waals surface area (Å²) in [5, 5.41) is 7.73. The zero-order valence-corrected chi connectivity index (χ0v) is 10.4. The Morgan fingerprint density at radius 1 is 1.47 bits per heavy atom. The molecule has 0 aliphatic heterocycles. The second-order valence-electron chi connectivity index (χ2n) is 4.79. The average Bonchev–Trinajstić information content (AvgIpc) is 2.51. The summed E-state index contributed by atoms with van der Waals surface area (Å²) < 4.78 is 1.83. The molecule has 1 aromatic rings. The Kier molecular flexibility index (Phi) is 3.88. The number of aryl methyl sites for hydroxylation is 1. The molecule has 0 aliphatic rings. The van der Waals surface area contributed by atoms with Crippen LogP contribution in [0, 0.1) is 0 Å². The van der Waals surface area contributed by atoms with Crippen molar-refractivity contribution in [2.24, 2.45) is 7.05 Å². The molecule has 1 N–H and O–H groups in total. The summed E-state index contributed by atoms with van der Waals surface area (Å²) in [6, 6.07) is 2.04. The van der Waals surface area contributed by atoms with E-state index in [1.165, 1.54) is 0 Å². The molecule has 0 amide bonds. The molecule has 4 heteroatoms. The highest BCUT2D eigenvalue weighted by atomic mass is 15.3. The normalized spacial score (nSPS) is 12.4. The van der Waals surface area contributed by atoms with Crippen LogP contribution in [0.2, 0.25) is 0 Å². The third-order valence-corrected chi connectivity index (χ3v) is 2.84. The van der Waals surface area contributed by atoms with Gasteiger partial charge in [0.05, 0.1) is 5.69 Å². The zero-order chi connectivity index (χ0) is 11.5. The third-order valence-electron chi connectivity index (χ3n) is 2.84. The van der Waals surface area contributed by atoms with Gasteiger partial charge in [-0.05, 0) is 34.0 Å². The monoisotopic (exact) mass is 210 g/mol. The minimum absolute atomic E-state index is 0.175. The molecule has 0 saturated heterocycles. The number of nitrogens with zero attached hydrogens (tertiary/aromatic N) is 3. The Balaban J connectivity index is 2.33. The molecule has 1 rings (SSSR count). The van der Waals surface area contributed by atoms with Gasteiger partial charge in [0.1, 0.15) is 0 Å². The predicted octanol–water partition coefficient (Wildman–Crippen LogP) is 0.850. The van der Waals surface area contributed by atoms with Gasteiger partial charge in [-0.15, -0.1) is 0 Å². The van der Waals surface area contributed by atoms with Crippen molar-refractivity contribution in [1.82, 2.24) is 20.0 Å². The van der Waals surface area contributed by atoms with E-state index in [0.29, 0.717) is 0 Å². The van der Waals surface area contributed by atoms with E-state index in [4.69, 9.17) is 0 Å². The van der Waals surface area contributed by atoms with E-state index >= 15 is 0 Å². The van der Waals surface area contributed by atoms with Crippen LogP contribution in [0.5, 0.6) is 0 Å². The Hall–Kier alpha value is -0.870. The Morgan fingerprint density at radius 2 is 2.13 bits per heavy atom. The first-order chi connectivity index (χ1) is 6.92. The summed E-state index contributed by atoms with van der Waals surface area (Å²) in [7, 11) is 6.14. The Labute approximate surface area is 92.3 Å². The van der Waals surface area contributed by atoms with Crippen LogP contribution in [0.3, 0.4) is 0 Å². The van der Waals surface area contributed by atoms with E-state index in [9.17, 15) is 0 Å². The van der Waals surface area contributed by atoms with Crippen molar-refractivity contribution in [3.63, 3.8) is 0 Å². The Morgan fingerprint density at radius 3 is 2.60 bits per heavy atom. The quantitative estimate of drug-likeness (QED) is 0.782. The molecule has 1 aromatic heterocycles. The topological polar surface area (TPSA) is 33.1 Å². The van der Waals surface area contributed by atoms with Crippen LogP contribution in [0.25, 0.3) is 0 Å². The number of likely N-dealkylation sites (N-methyl/N-ethyl adjacent to an activating group) is 1. The fraction of sp³-hybridized carbons (Fsp3) is 0.727. The van der Waals surface area contributed by atoms with E-state index in [1.54, 1.807) is 0 Å². The minimum atomic E-state index is 0.175. The molecule has 86 valence electrons. The van der Waals surface area contributed by atoms with Gasteiger partial charge in [-0.25, -0.2) is 0 Å². The summed E-state index contributed by atoms with van der Waals surface area (Å²) in [4.78, 5) is 2.22. The van der Waals surface area contributed by atoms with Crippen LogP contribution in [0.15, 0.2) is 12.3 Å². The van der Waals surface area contributed by atoms with Crippen LogP contribution in [0.4, 0.5) is 0 Å². The van der Waals surface area contributed by atoms with E-state index in [1.807, 2.05) is 24.0 Å². The lowest BCUT2D eigenvalue weighted by Gasteiger charge is -2.32. The number of hydrogen-bond acceptors (Lipinski definition) is 3. The lowest BCUT2D eigenvalue weighted by Crippen LogP contribution is -2.46. The van der Waals surface area contributed by atoms with Crippen molar-refractivity contribution in [2.75, 3.05) is 20.6 Å². The molecule has 0 unspecified atom stereocenters. The standard InChI is InChI=1S/C11H22N4/c1-11(2,14(3)4)9-12-8-10-6-7-15(5)13-10/h6-7,12H,8-9H2,1-5H3. The summed E-state index contributed by atoms with van der Waals surface area (Å²) in [5.74, 6) is 0. The molecule has 0 atom stereocenters. The maximum absolute atomic E-state index is 4.32. The maximum Gasteiger partial charge on any atom is 0.0762 e. The van der Waals surface area contributed by atoms with Crippen LogP contribution in [-0.4, -0.2) is 40.9 Å². The first kappa shape index (κ1) is 12.2. The van der Waals surface area contributed by atoms with E-state index < -0.39 is 0 Å². The van der Waals surface area contributed by atoms with Crippen LogP contribution in [0.1, 0.15) is 19.5 Å². The highest BCUT2D eigenvalue weighted by molar-refractivity contribution is 4.98. The van der Waals surface area contributed by atoms with Gasteiger partial charge >= 0.3 is 0 Å². The fourth-order valence-electron chi connectivity index (χ4n) is 1.21. The predicted molar refractivity (Wildman–Crippen MR) is 62.7 cm³/mol. The molecule has 1 heterocycles. The van der Waals surface area contributed by atoms with Crippen LogP contribution in [-0.2, 0) is 13.6 Å². The summed E-state index contributed by atoms with van der Waals surface area (Å²) in [5.41, 5.74) is 1.27. The van der Waals surface area contributed by atoms with Crippen molar-refractivity contribution in [3.05, 3.63) is 18.0 Å². The van der Waals surface area contributed by atoms with Gasteiger partial charge in [-0.3, -0.25) is 4.68 Å². The highest BCUT2D eigenvalue weighted by Crippen LogP contribution is 2.08. The second kappa shape index (κ2) is 4.77. The van der Waals surface area contributed by atoms with Gasteiger partial charge in [0.2, 0.25) is 0 Å². The van der Waals surface area contributed by atoms with E-state index in [2.05, 4.69) is 43.3 Å². The molecular formula is C11H22N4. The summed E-state index contributed by atoms with van der Waals surface area (Å²) in [6.45, 7) is 6.23. The van der Waals surface area contributed by atoms with Gasteiger partial charge in [-0.1, -0.05) is 0 Å². The lowest BCUT2D eigenvalue weighted by molar-refractivity contribution is 0.189. The number of nitrogens with one attached hydrogen (secondary N) is 1. The molecule has 0 aliphatic carbocycles. The third kappa shape index (κ3) is 3.64. The molecule has 0 saturated carbocycles. The van der Waals surface area contributed by atoms with Gasteiger partial charge in [0, 0.05) is 31.9 Å². The smallest absolute Gasteiger partial charge is 0.0762 e.